The third-order valence-corrected chi connectivity index (χ3v) is 5.25. The molecule has 0 N–H and O–H groups in total. The molecule has 0 bridgehead atoms. The molecular weight excluding hydrogens is 425 g/mol. The Labute approximate surface area is 139 Å². The molecule has 0 aliphatic carbocycles. The van der Waals surface area contributed by atoms with E-state index in [2.05, 4.69) is 0 Å². The fourth-order valence-electron chi connectivity index (χ4n) is 1.65. The minimum atomic E-state index is -3.56. The van der Waals surface area contributed by atoms with Gasteiger partial charge in [-0.3, -0.25) is 10.1 Å². The van der Waals surface area contributed by atoms with Gasteiger partial charge >= 0.3 is 0 Å². The van der Waals surface area contributed by atoms with Crippen molar-refractivity contribution in [2.24, 2.45) is 0 Å². The molecule has 110 valence electrons. The first kappa shape index (κ1) is 16.1. The molecule has 0 aliphatic heterocycles. The van der Waals surface area contributed by atoms with Crippen LogP contribution >= 0.6 is 33.9 Å². The van der Waals surface area contributed by atoms with Crippen LogP contribution in [0.2, 0.25) is 0 Å². The van der Waals surface area contributed by atoms with Crippen LogP contribution in [0.1, 0.15) is 11.1 Å². The number of nitro benzene ring substituents is 1. The molecular formula is C13H10INO4S2. The SMILES string of the molecule is O=[N+]([O-])c1cc(I)ccc1CS(=O)(=O)C=Cc1ccsc1. The van der Waals surface area contributed by atoms with E-state index in [4.69, 9.17) is 0 Å². The van der Waals surface area contributed by atoms with Crippen molar-refractivity contribution in [3.63, 3.8) is 0 Å². The van der Waals surface area contributed by atoms with Crippen LogP contribution in [0.4, 0.5) is 5.69 Å². The Bertz CT molecular complexity index is 783. The monoisotopic (exact) mass is 435 g/mol. The lowest BCUT2D eigenvalue weighted by atomic mass is 10.2. The van der Waals surface area contributed by atoms with Crippen molar-refractivity contribution in [2.45, 2.75) is 5.75 Å². The van der Waals surface area contributed by atoms with Crippen molar-refractivity contribution >= 4 is 55.5 Å². The molecule has 2 aromatic rings. The van der Waals surface area contributed by atoms with Gasteiger partial charge in [0.15, 0.2) is 9.84 Å². The van der Waals surface area contributed by atoms with Gasteiger partial charge < -0.3 is 0 Å². The molecule has 1 aromatic carbocycles. The van der Waals surface area contributed by atoms with E-state index in [0.717, 1.165) is 11.0 Å². The maximum Gasteiger partial charge on any atom is 0.274 e. The Morgan fingerprint density at radius 3 is 2.71 bits per heavy atom. The molecule has 21 heavy (non-hydrogen) atoms. The summed E-state index contributed by atoms with van der Waals surface area (Å²) in [4.78, 5) is 10.4. The lowest BCUT2D eigenvalue weighted by molar-refractivity contribution is -0.385. The Morgan fingerprint density at radius 2 is 2.10 bits per heavy atom. The lowest BCUT2D eigenvalue weighted by Crippen LogP contribution is -2.03. The molecule has 0 unspecified atom stereocenters. The third-order valence-electron chi connectivity index (χ3n) is 2.61. The number of thiophene rings is 1. The number of nitrogens with zero attached hydrogens (tertiary/aromatic N) is 1. The molecule has 0 amide bonds. The number of hydrogen-bond donors (Lipinski definition) is 0. The van der Waals surface area contributed by atoms with Gasteiger partial charge in [-0.15, -0.1) is 0 Å². The van der Waals surface area contributed by atoms with Gasteiger partial charge in [-0.25, -0.2) is 8.42 Å². The van der Waals surface area contributed by atoms with E-state index in [1.54, 1.807) is 12.1 Å². The number of hydrogen-bond acceptors (Lipinski definition) is 5. The second kappa shape index (κ2) is 6.67. The van der Waals surface area contributed by atoms with Crippen molar-refractivity contribution < 1.29 is 13.3 Å². The standard InChI is InChI=1S/C13H10INO4S2/c14-12-2-1-11(13(7-12)15(16)17)9-21(18,19)6-4-10-3-5-20-8-10/h1-8H,9H2. The Balaban J connectivity index is 2.27. The third kappa shape index (κ3) is 4.61. The zero-order valence-electron chi connectivity index (χ0n) is 10.6. The lowest BCUT2D eigenvalue weighted by Gasteiger charge is -2.02. The summed E-state index contributed by atoms with van der Waals surface area (Å²) in [6, 6.07) is 6.30. The first-order valence-electron chi connectivity index (χ1n) is 5.73. The molecule has 0 saturated carbocycles. The van der Waals surface area contributed by atoms with Crippen molar-refractivity contribution in [2.75, 3.05) is 0 Å². The van der Waals surface area contributed by atoms with Gasteiger partial charge in [-0.05, 0) is 57.1 Å². The minimum absolute atomic E-state index is 0.172. The van der Waals surface area contributed by atoms with Crippen LogP contribution in [-0.2, 0) is 15.6 Å². The van der Waals surface area contributed by atoms with Crippen LogP contribution in [0.25, 0.3) is 6.08 Å². The molecule has 5 nitrogen and oxygen atoms in total. The van der Waals surface area contributed by atoms with E-state index in [-0.39, 0.29) is 17.0 Å². The minimum Gasteiger partial charge on any atom is -0.258 e. The Kier molecular flexibility index (Phi) is 5.12. The highest BCUT2D eigenvalue weighted by Gasteiger charge is 2.19. The molecule has 0 radical (unpaired) electrons. The van der Waals surface area contributed by atoms with Crippen LogP contribution in [0.3, 0.4) is 0 Å². The highest BCUT2D eigenvalue weighted by molar-refractivity contribution is 14.1. The van der Waals surface area contributed by atoms with Crippen LogP contribution in [0.5, 0.6) is 0 Å². The van der Waals surface area contributed by atoms with Gasteiger partial charge in [0.05, 0.1) is 10.7 Å². The van der Waals surface area contributed by atoms with E-state index < -0.39 is 14.8 Å². The summed E-state index contributed by atoms with van der Waals surface area (Å²) in [5.74, 6) is -0.388. The van der Waals surface area contributed by atoms with Crippen molar-refractivity contribution in [3.05, 3.63) is 65.2 Å². The van der Waals surface area contributed by atoms with Gasteiger partial charge in [0.25, 0.3) is 5.69 Å². The zero-order valence-corrected chi connectivity index (χ0v) is 14.4. The van der Waals surface area contributed by atoms with Gasteiger partial charge in [0, 0.05) is 20.6 Å². The van der Waals surface area contributed by atoms with Crippen LogP contribution in [0, 0.1) is 13.7 Å². The van der Waals surface area contributed by atoms with Gasteiger partial charge in [-0.1, -0.05) is 6.07 Å². The number of halogens is 1. The fourth-order valence-corrected chi connectivity index (χ4v) is 3.89. The van der Waals surface area contributed by atoms with E-state index in [9.17, 15) is 18.5 Å². The molecule has 0 aliphatic rings. The number of sulfone groups is 1. The summed E-state index contributed by atoms with van der Waals surface area (Å²) in [6.45, 7) is 0. The Hall–Kier alpha value is -1.26. The second-order valence-corrected chi connectivity index (χ2v) is 8.11. The average Bonchev–Trinajstić information content (AvgIpc) is 2.91. The number of nitro groups is 1. The van der Waals surface area contributed by atoms with Gasteiger partial charge in [0.1, 0.15) is 0 Å². The fraction of sp³-hybridized carbons (Fsp3) is 0.0769. The summed E-state index contributed by atoms with van der Waals surface area (Å²) in [7, 11) is -3.56. The quantitative estimate of drug-likeness (QED) is 0.406. The van der Waals surface area contributed by atoms with Crippen LogP contribution in [0.15, 0.2) is 40.4 Å². The van der Waals surface area contributed by atoms with Gasteiger partial charge in [0.2, 0.25) is 0 Å². The summed E-state index contributed by atoms with van der Waals surface area (Å²) in [5.41, 5.74) is 0.811. The summed E-state index contributed by atoms with van der Waals surface area (Å²) in [5, 5.41) is 15.8. The van der Waals surface area contributed by atoms with E-state index in [0.29, 0.717) is 3.57 Å². The predicted molar refractivity (Wildman–Crippen MR) is 91.8 cm³/mol. The largest absolute Gasteiger partial charge is 0.274 e. The average molecular weight is 435 g/mol. The molecule has 0 fully saturated rings. The summed E-state index contributed by atoms with van der Waals surface area (Å²) in [6.07, 6.45) is 1.49. The van der Waals surface area contributed by atoms with E-state index in [1.165, 1.54) is 29.5 Å². The maximum atomic E-state index is 12.0. The second-order valence-electron chi connectivity index (χ2n) is 4.20. The van der Waals surface area contributed by atoms with Crippen molar-refractivity contribution in [1.82, 2.24) is 0 Å². The molecule has 1 aromatic heterocycles. The van der Waals surface area contributed by atoms with E-state index in [1.807, 2.05) is 33.4 Å². The highest BCUT2D eigenvalue weighted by Crippen LogP contribution is 2.24. The van der Waals surface area contributed by atoms with Crippen LogP contribution < -0.4 is 0 Å². The van der Waals surface area contributed by atoms with Crippen molar-refractivity contribution in [1.29, 1.82) is 0 Å². The first-order valence-corrected chi connectivity index (χ1v) is 9.47. The van der Waals surface area contributed by atoms with Crippen LogP contribution in [-0.4, -0.2) is 13.3 Å². The molecule has 0 atom stereocenters. The number of rotatable bonds is 5. The first-order chi connectivity index (χ1) is 9.87. The topological polar surface area (TPSA) is 77.3 Å². The maximum absolute atomic E-state index is 12.0. The normalized spacial score (nSPS) is 11.9. The summed E-state index contributed by atoms with van der Waals surface area (Å²) < 4.78 is 24.8. The molecule has 1 heterocycles. The van der Waals surface area contributed by atoms with Crippen molar-refractivity contribution in [3.8, 4) is 0 Å². The zero-order chi connectivity index (χ0) is 15.5. The van der Waals surface area contributed by atoms with E-state index >= 15 is 0 Å². The molecule has 8 heteroatoms. The predicted octanol–water partition coefficient (Wildman–Crippen LogP) is 3.85. The molecule has 0 saturated heterocycles. The molecule has 2 rings (SSSR count). The number of benzene rings is 1. The smallest absolute Gasteiger partial charge is 0.258 e. The highest BCUT2D eigenvalue weighted by atomic mass is 127. The van der Waals surface area contributed by atoms with Gasteiger partial charge in [-0.2, -0.15) is 11.3 Å². The Morgan fingerprint density at radius 1 is 1.33 bits per heavy atom. The summed E-state index contributed by atoms with van der Waals surface area (Å²) >= 11 is 3.42. The molecule has 0 spiro atoms.